The lowest BCUT2D eigenvalue weighted by Gasteiger charge is -2.40. The molecule has 7 atom stereocenters. The van der Waals surface area contributed by atoms with E-state index in [1.807, 2.05) is 6.08 Å². The number of amides is 1. The van der Waals surface area contributed by atoms with Crippen molar-refractivity contribution < 1.29 is 39.8 Å². The smallest absolute Gasteiger partial charge is 0.220 e. The Kier molecular flexibility index (Phi) is 51.6. The number of hydrogen-bond donors (Lipinski definition) is 6. The summed E-state index contributed by atoms with van der Waals surface area (Å²) in [5.41, 5.74) is 0. The fourth-order valence-corrected chi connectivity index (χ4v) is 10.5. The molecule has 7 unspecified atom stereocenters. The van der Waals surface area contributed by atoms with Gasteiger partial charge in [0.25, 0.3) is 0 Å². The molecule has 1 aliphatic rings. The Bertz CT molecular complexity index is 1200. The summed E-state index contributed by atoms with van der Waals surface area (Å²) in [5, 5.41) is 54.3. The Morgan fingerprint density at radius 1 is 0.452 bits per heavy atom. The number of ether oxygens (including phenoxy) is 2. The molecule has 1 heterocycles. The quantitative estimate of drug-likeness (QED) is 0.0261. The van der Waals surface area contributed by atoms with Crippen molar-refractivity contribution in [3.8, 4) is 0 Å². The molecule has 1 fully saturated rings. The fourth-order valence-electron chi connectivity index (χ4n) is 10.5. The van der Waals surface area contributed by atoms with Crippen LogP contribution in [0, 0.1) is 0 Å². The highest BCUT2D eigenvalue weighted by atomic mass is 16.7. The molecule has 432 valence electrons. The lowest BCUT2D eigenvalue weighted by molar-refractivity contribution is -0.302. The summed E-state index contributed by atoms with van der Waals surface area (Å²) in [6.07, 6.45) is 63.3. The average Bonchev–Trinajstić information content (AvgIpc) is 3.39. The number of aliphatic hydroxyl groups excluding tert-OH is 5. The number of nitrogens with one attached hydrogen (secondary N) is 1. The lowest BCUT2D eigenvalue weighted by atomic mass is 9.99. The van der Waals surface area contributed by atoms with Crippen LogP contribution in [0.1, 0.15) is 322 Å². The maximum Gasteiger partial charge on any atom is 0.220 e. The van der Waals surface area contributed by atoms with Crippen molar-refractivity contribution in [1.29, 1.82) is 0 Å². The van der Waals surface area contributed by atoms with Gasteiger partial charge < -0.3 is 40.3 Å². The summed E-state index contributed by atoms with van der Waals surface area (Å²) in [6, 6.07) is -0.817. The highest BCUT2D eigenvalue weighted by Gasteiger charge is 2.44. The molecule has 1 aliphatic heterocycles. The van der Waals surface area contributed by atoms with Gasteiger partial charge in [-0.15, -0.1) is 0 Å². The van der Waals surface area contributed by atoms with Crippen LogP contribution < -0.4 is 5.32 Å². The van der Waals surface area contributed by atoms with Gasteiger partial charge in [-0.3, -0.25) is 4.79 Å². The minimum absolute atomic E-state index is 0.183. The molecule has 73 heavy (non-hydrogen) atoms. The van der Waals surface area contributed by atoms with Gasteiger partial charge in [0.15, 0.2) is 6.29 Å². The molecule has 0 aromatic rings. The van der Waals surface area contributed by atoms with E-state index < -0.39 is 49.5 Å². The van der Waals surface area contributed by atoms with Crippen molar-refractivity contribution in [2.45, 2.75) is 365 Å². The first-order valence-electron chi connectivity index (χ1n) is 32.1. The second kappa shape index (κ2) is 54.0. The fraction of sp³-hybridized carbons (Fsp3) is 0.922. The first kappa shape index (κ1) is 69.7. The standard InChI is InChI=1S/C64H123NO8/c1-3-5-7-9-11-13-15-16-17-18-19-20-21-22-23-24-25-26-27-28-29-30-31-32-33-34-35-36-37-38-39-40-41-42-43-44-46-48-50-52-54-60(68)65-57(56-72-64-63(71)62(70)61(69)59(55-66)73-64)58(67)53-51-49-47-45-14-12-10-8-6-4-2/h14,45,51,53,57-59,61-64,66-67,69-71H,3-13,15-44,46-50,52,54-56H2,1-2H3,(H,65,68)/b45-14+,53-51+. The van der Waals surface area contributed by atoms with Gasteiger partial charge >= 0.3 is 0 Å². The number of hydrogen-bond acceptors (Lipinski definition) is 8. The molecule has 0 aromatic heterocycles. The van der Waals surface area contributed by atoms with E-state index in [1.165, 1.54) is 263 Å². The van der Waals surface area contributed by atoms with Gasteiger partial charge in [0.05, 0.1) is 25.4 Å². The number of rotatable bonds is 56. The minimum Gasteiger partial charge on any atom is -0.394 e. The molecular weight excluding hydrogens is 911 g/mol. The summed E-state index contributed by atoms with van der Waals surface area (Å²) in [5.74, 6) is -0.183. The molecular formula is C64H123NO8. The van der Waals surface area contributed by atoms with Gasteiger partial charge in [-0.2, -0.15) is 0 Å². The maximum absolute atomic E-state index is 13.0. The molecule has 6 N–H and O–H groups in total. The molecule has 9 nitrogen and oxygen atoms in total. The van der Waals surface area contributed by atoms with E-state index in [2.05, 4.69) is 31.3 Å². The van der Waals surface area contributed by atoms with Gasteiger partial charge in [-0.25, -0.2) is 0 Å². The van der Waals surface area contributed by atoms with Gasteiger partial charge in [0.2, 0.25) is 5.91 Å². The molecule has 0 aliphatic carbocycles. The van der Waals surface area contributed by atoms with Crippen molar-refractivity contribution >= 4 is 5.91 Å². The van der Waals surface area contributed by atoms with Crippen LogP contribution in [0.2, 0.25) is 0 Å². The summed E-state index contributed by atoms with van der Waals surface area (Å²) in [4.78, 5) is 13.0. The summed E-state index contributed by atoms with van der Waals surface area (Å²) < 4.78 is 11.2. The van der Waals surface area contributed by atoms with E-state index in [0.29, 0.717) is 6.42 Å². The number of carbonyl (C=O) groups is 1. The van der Waals surface area contributed by atoms with Crippen LogP contribution in [0.25, 0.3) is 0 Å². The van der Waals surface area contributed by atoms with Crippen molar-refractivity contribution in [2.24, 2.45) is 0 Å². The van der Waals surface area contributed by atoms with Gasteiger partial charge in [-0.05, 0) is 32.1 Å². The second-order valence-corrected chi connectivity index (χ2v) is 22.6. The molecule has 1 saturated heterocycles. The van der Waals surface area contributed by atoms with Gasteiger partial charge in [-0.1, -0.05) is 308 Å². The number of unbranched alkanes of at least 4 members (excludes halogenated alkanes) is 44. The first-order chi connectivity index (χ1) is 35.8. The Balaban J connectivity index is 1.97. The molecule has 1 amide bonds. The van der Waals surface area contributed by atoms with Crippen molar-refractivity contribution in [3.63, 3.8) is 0 Å². The molecule has 0 radical (unpaired) electrons. The highest BCUT2D eigenvalue weighted by molar-refractivity contribution is 5.76. The summed E-state index contributed by atoms with van der Waals surface area (Å²) in [6.45, 7) is 3.75. The van der Waals surface area contributed by atoms with Crippen LogP contribution in [0.3, 0.4) is 0 Å². The van der Waals surface area contributed by atoms with Crippen LogP contribution in [0.4, 0.5) is 0 Å². The first-order valence-corrected chi connectivity index (χ1v) is 32.1. The van der Waals surface area contributed by atoms with Crippen LogP contribution in [0.15, 0.2) is 24.3 Å². The van der Waals surface area contributed by atoms with Crippen LogP contribution in [0.5, 0.6) is 0 Å². The van der Waals surface area contributed by atoms with E-state index >= 15 is 0 Å². The van der Waals surface area contributed by atoms with E-state index in [1.54, 1.807) is 6.08 Å². The van der Waals surface area contributed by atoms with Crippen molar-refractivity contribution in [1.82, 2.24) is 5.32 Å². The van der Waals surface area contributed by atoms with Crippen molar-refractivity contribution in [3.05, 3.63) is 24.3 Å². The molecule has 0 saturated carbocycles. The third-order valence-corrected chi connectivity index (χ3v) is 15.5. The maximum atomic E-state index is 13.0. The van der Waals surface area contributed by atoms with Gasteiger partial charge in [0, 0.05) is 6.42 Å². The third-order valence-electron chi connectivity index (χ3n) is 15.5. The molecule has 0 bridgehead atoms. The largest absolute Gasteiger partial charge is 0.394 e. The molecule has 0 spiro atoms. The average molecular weight is 1030 g/mol. The van der Waals surface area contributed by atoms with E-state index in [-0.39, 0.29) is 12.5 Å². The van der Waals surface area contributed by atoms with E-state index in [0.717, 1.165) is 38.5 Å². The van der Waals surface area contributed by atoms with Gasteiger partial charge in [0.1, 0.15) is 24.4 Å². The number of aliphatic hydroxyl groups is 5. The minimum atomic E-state index is -1.57. The van der Waals surface area contributed by atoms with Crippen LogP contribution in [-0.2, 0) is 14.3 Å². The third kappa shape index (κ3) is 43.4. The van der Waals surface area contributed by atoms with Crippen molar-refractivity contribution in [2.75, 3.05) is 13.2 Å². The lowest BCUT2D eigenvalue weighted by Crippen LogP contribution is -2.60. The molecule has 1 rings (SSSR count). The second-order valence-electron chi connectivity index (χ2n) is 22.6. The Hall–Kier alpha value is -1.33. The summed E-state index contributed by atoms with van der Waals surface area (Å²) >= 11 is 0. The molecule has 9 heteroatoms. The SMILES string of the molecule is CCCCCC/C=C/CC/C=C/C(O)C(COC1OC(CO)C(O)C(O)C1O)NC(=O)CCCCCCCCCCCCCCCCCCCCCCCCCCCCCCCCCCCCCCCCCC. The topological polar surface area (TPSA) is 149 Å². The highest BCUT2D eigenvalue weighted by Crippen LogP contribution is 2.23. The van der Waals surface area contributed by atoms with Crippen LogP contribution in [-0.4, -0.2) is 87.5 Å². The Labute approximate surface area is 451 Å². The van der Waals surface area contributed by atoms with Crippen LogP contribution >= 0.6 is 0 Å². The zero-order chi connectivity index (χ0) is 52.9. The predicted molar refractivity (Wildman–Crippen MR) is 309 cm³/mol. The zero-order valence-corrected chi connectivity index (χ0v) is 48.2. The number of allylic oxidation sites excluding steroid dienone is 3. The van der Waals surface area contributed by atoms with E-state index in [4.69, 9.17) is 9.47 Å². The Morgan fingerprint density at radius 3 is 1.15 bits per heavy atom. The zero-order valence-electron chi connectivity index (χ0n) is 48.2. The molecule has 0 aromatic carbocycles. The summed E-state index contributed by atoms with van der Waals surface area (Å²) in [7, 11) is 0. The van der Waals surface area contributed by atoms with E-state index in [9.17, 15) is 30.3 Å². The number of carbonyl (C=O) groups excluding carboxylic acids is 1. The Morgan fingerprint density at radius 2 is 0.781 bits per heavy atom. The predicted octanol–water partition coefficient (Wildman–Crippen LogP) is 16.5. The normalized spacial score (nSPS) is 19.1. The monoisotopic (exact) mass is 1030 g/mol.